The fourth-order valence-electron chi connectivity index (χ4n) is 5.31. The number of rotatable bonds is 14. The average Bonchev–Trinajstić information content (AvgIpc) is 3.28. The summed E-state index contributed by atoms with van der Waals surface area (Å²) >= 11 is 0. The van der Waals surface area contributed by atoms with Crippen LogP contribution in [0.2, 0.25) is 0 Å². The predicted molar refractivity (Wildman–Crippen MR) is 168 cm³/mol. The molecule has 1 heterocycles. The average molecular weight is 587 g/mol. The summed E-state index contributed by atoms with van der Waals surface area (Å²) in [6.45, 7) is 11.9. The third kappa shape index (κ3) is 7.38. The van der Waals surface area contributed by atoms with Gasteiger partial charge in [0, 0.05) is 12.1 Å². The van der Waals surface area contributed by atoms with Crippen LogP contribution in [-0.4, -0.2) is 66.5 Å². The molecule has 0 bridgehead atoms. The van der Waals surface area contributed by atoms with Gasteiger partial charge in [-0.15, -0.1) is 0 Å². The first-order chi connectivity index (χ1) is 20.8. The van der Waals surface area contributed by atoms with Crippen molar-refractivity contribution >= 4 is 17.4 Å². The van der Waals surface area contributed by atoms with Gasteiger partial charge in [0.05, 0.1) is 25.3 Å². The van der Waals surface area contributed by atoms with Crippen LogP contribution in [0.5, 0.6) is 17.2 Å². The van der Waals surface area contributed by atoms with Crippen LogP contribution in [0.15, 0.2) is 72.3 Å². The molecule has 3 aromatic carbocycles. The topological polar surface area (TPSA) is 88.5 Å². The second-order valence-corrected chi connectivity index (χ2v) is 10.5. The Morgan fingerprint density at radius 1 is 0.907 bits per heavy atom. The van der Waals surface area contributed by atoms with Crippen LogP contribution in [0.3, 0.4) is 0 Å². The minimum absolute atomic E-state index is 0.0485. The summed E-state index contributed by atoms with van der Waals surface area (Å²) in [5.74, 6) is 0.112. The minimum atomic E-state index is -0.779. The summed E-state index contributed by atoms with van der Waals surface area (Å²) in [5, 5.41) is 11.5. The fraction of sp³-hybridized carbons (Fsp3) is 0.371. The van der Waals surface area contributed by atoms with Crippen molar-refractivity contribution in [1.29, 1.82) is 0 Å². The molecule has 1 atom stereocenters. The zero-order valence-electron chi connectivity index (χ0n) is 25.8. The number of benzene rings is 3. The molecule has 0 aromatic heterocycles. The van der Waals surface area contributed by atoms with E-state index in [0.29, 0.717) is 54.6 Å². The molecule has 43 heavy (non-hydrogen) atoms. The summed E-state index contributed by atoms with van der Waals surface area (Å²) in [6.07, 6.45) is 0.687. The van der Waals surface area contributed by atoms with Crippen LogP contribution >= 0.6 is 0 Å². The second kappa shape index (κ2) is 14.7. The molecule has 4 rings (SSSR count). The Bertz CT molecular complexity index is 1430. The summed E-state index contributed by atoms with van der Waals surface area (Å²) in [5.41, 5.74) is 3.35. The maximum atomic E-state index is 13.5. The molecular formula is C35H42N2O6. The van der Waals surface area contributed by atoms with Crippen molar-refractivity contribution in [2.24, 2.45) is 0 Å². The van der Waals surface area contributed by atoms with Gasteiger partial charge in [0.2, 0.25) is 0 Å². The minimum Gasteiger partial charge on any atom is -0.507 e. The Hall–Kier alpha value is -4.30. The van der Waals surface area contributed by atoms with Gasteiger partial charge in [-0.2, -0.15) is 0 Å². The Labute approximate surface area is 254 Å². The Kier molecular flexibility index (Phi) is 10.8. The van der Waals surface area contributed by atoms with Crippen molar-refractivity contribution in [2.75, 3.05) is 39.9 Å². The summed E-state index contributed by atoms with van der Waals surface area (Å²) < 4.78 is 17.2. The highest BCUT2D eigenvalue weighted by atomic mass is 16.5. The van der Waals surface area contributed by atoms with E-state index in [1.165, 1.54) is 5.56 Å². The van der Waals surface area contributed by atoms with E-state index in [1.807, 2.05) is 44.2 Å². The van der Waals surface area contributed by atoms with Crippen molar-refractivity contribution in [1.82, 2.24) is 9.80 Å². The smallest absolute Gasteiger partial charge is 0.295 e. The zero-order chi connectivity index (χ0) is 30.9. The molecule has 1 fully saturated rings. The molecule has 0 spiro atoms. The number of hydrogen-bond acceptors (Lipinski definition) is 7. The van der Waals surface area contributed by atoms with Gasteiger partial charge in [0.1, 0.15) is 18.1 Å². The van der Waals surface area contributed by atoms with Crippen LogP contribution in [-0.2, 0) is 16.2 Å². The molecule has 3 aromatic rings. The third-order valence-corrected chi connectivity index (χ3v) is 7.76. The van der Waals surface area contributed by atoms with E-state index >= 15 is 0 Å². The van der Waals surface area contributed by atoms with Gasteiger partial charge in [0.15, 0.2) is 11.5 Å². The van der Waals surface area contributed by atoms with Gasteiger partial charge in [-0.05, 0) is 87.4 Å². The van der Waals surface area contributed by atoms with E-state index in [9.17, 15) is 14.7 Å². The number of Topliss-reactive ketones (excluding diaryl/α,β-unsaturated/α-hetero) is 1. The largest absolute Gasteiger partial charge is 0.507 e. The standard InChI is InChI=1S/C35H42N2O6/c1-6-36(7-2)20-9-21-37-32(27-16-19-29(42-8-3)30(22-27)41-5)31(34(39)35(37)40)33(38)26-14-17-28(18-15-26)43-23-25-12-10-24(4)11-13-25/h10-19,22,32,38H,6-9,20-21,23H2,1-5H3/b33-31-. The van der Waals surface area contributed by atoms with E-state index < -0.39 is 17.7 Å². The van der Waals surface area contributed by atoms with Crippen LogP contribution in [0.25, 0.3) is 5.76 Å². The van der Waals surface area contributed by atoms with E-state index in [0.717, 1.165) is 25.2 Å². The first kappa shape index (κ1) is 31.6. The molecule has 8 heteroatoms. The van der Waals surface area contributed by atoms with E-state index in [1.54, 1.807) is 48.4 Å². The van der Waals surface area contributed by atoms with Crippen molar-refractivity contribution in [2.45, 2.75) is 46.8 Å². The van der Waals surface area contributed by atoms with Crippen molar-refractivity contribution in [3.05, 3.63) is 94.6 Å². The highest BCUT2D eigenvalue weighted by molar-refractivity contribution is 6.46. The molecule has 228 valence electrons. The number of carbonyl (C=O) groups is 2. The monoisotopic (exact) mass is 586 g/mol. The number of amides is 1. The number of aliphatic hydroxyl groups is 1. The Balaban J connectivity index is 1.66. The fourth-order valence-corrected chi connectivity index (χ4v) is 5.31. The number of hydrogen-bond donors (Lipinski definition) is 1. The molecule has 0 aliphatic carbocycles. The Morgan fingerprint density at radius 2 is 1.60 bits per heavy atom. The summed E-state index contributed by atoms with van der Waals surface area (Å²) in [4.78, 5) is 30.7. The summed E-state index contributed by atoms with van der Waals surface area (Å²) in [6, 6.07) is 19.6. The van der Waals surface area contributed by atoms with Crippen LogP contribution in [0, 0.1) is 6.92 Å². The van der Waals surface area contributed by atoms with E-state index in [-0.39, 0.29) is 11.3 Å². The zero-order valence-corrected chi connectivity index (χ0v) is 25.8. The van der Waals surface area contributed by atoms with E-state index in [2.05, 4.69) is 18.7 Å². The molecule has 1 aliphatic heterocycles. The lowest BCUT2D eigenvalue weighted by molar-refractivity contribution is -0.140. The summed E-state index contributed by atoms with van der Waals surface area (Å²) in [7, 11) is 1.55. The first-order valence-electron chi connectivity index (χ1n) is 14.9. The molecule has 8 nitrogen and oxygen atoms in total. The van der Waals surface area contributed by atoms with Gasteiger partial charge < -0.3 is 29.1 Å². The van der Waals surface area contributed by atoms with Crippen LogP contribution in [0.4, 0.5) is 0 Å². The number of likely N-dealkylation sites (tertiary alicyclic amines) is 1. The number of methoxy groups -OCH3 is 1. The van der Waals surface area contributed by atoms with Crippen LogP contribution in [0.1, 0.15) is 55.5 Å². The van der Waals surface area contributed by atoms with E-state index in [4.69, 9.17) is 14.2 Å². The number of carbonyl (C=O) groups excluding carboxylic acids is 2. The SMILES string of the molecule is CCOc1ccc(C2/C(=C(/O)c3ccc(OCc4ccc(C)cc4)cc3)C(=O)C(=O)N2CCCN(CC)CC)cc1OC. The number of ether oxygens (including phenoxy) is 3. The Morgan fingerprint density at radius 3 is 2.23 bits per heavy atom. The van der Waals surface area contributed by atoms with Crippen molar-refractivity contribution in [3.63, 3.8) is 0 Å². The maximum absolute atomic E-state index is 13.5. The number of nitrogens with zero attached hydrogens (tertiary/aromatic N) is 2. The molecular weight excluding hydrogens is 544 g/mol. The van der Waals surface area contributed by atoms with Gasteiger partial charge in [-0.3, -0.25) is 9.59 Å². The lowest BCUT2D eigenvalue weighted by atomic mass is 9.95. The predicted octanol–water partition coefficient (Wildman–Crippen LogP) is 6.13. The van der Waals surface area contributed by atoms with Crippen molar-refractivity contribution in [3.8, 4) is 17.2 Å². The first-order valence-corrected chi connectivity index (χ1v) is 14.9. The third-order valence-electron chi connectivity index (χ3n) is 7.76. The highest BCUT2D eigenvalue weighted by Gasteiger charge is 2.46. The van der Waals surface area contributed by atoms with Gasteiger partial charge in [-0.25, -0.2) is 0 Å². The van der Waals surface area contributed by atoms with Gasteiger partial charge in [0.25, 0.3) is 11.7 Å². The molecule has 1 unspecified atom stereocenters. The van der Waals surface area contributed by atoms with Gasteiger partial charge in [-0.1, -0.05) is 49.7 Å². The molecule has 1 N–H and O–H groups in total. The molecule has 1 amide bonds. The molecule has 1 aliphatic rings. The molecule has 1 saturated heterocycles. The van der Waals surface area contributed by atoms with Gasteiger partial charge >= 0.3 is 0 Å². The lowest BCUT2D eigenvalue weighted by Crippen LogP contribution is -2.33. The normalized spacial score (nSPS) is 16.1. The number of ketones is 1. The lowest BCUT2D eigenvalue weighted by Gasteiger charge is -2.27. The second-order valence-electron chi connectivity index (χ2n) is 10.5. The quantitative estimate of drug-likeness (QED) is 0.138. The van der Waals surface area contributed by atoms with Crippen LogP contribution < -0.4 is 14.2 Å². The number of aliphatic hydroxyl groups excluding tert-OH is 1. The molecule has 0 saturated carbocycles. The maximum Gasteiger partial charge on any atom is 0.295 e. The highest BCUT2D eigenvalue weighted by Crippen LogP contribution is 2.42. The molecule has 0 radical (unpaired) electrons. The number of aryl methyl sites for hydroxylation is 1. The van der Waals surface area contributed by atoms with Crippen molar-refractivity contribution < 1.29 is 28.9 Å².